The van der Waals surface area contributed by atoms with Gasteiger partial charge in [-0.15, -0.1) is 0 Å². The van der Waals surface area contributed by atoms with Gasteiger partial charge in [0.15, 0.2) is 0 Å². The lowest BCUT2D eigenvalue weighted by molar-refractivity contribution is -0.384. The number of carbonyl (C=O) groups is 1. The van der Waals surface area contributed by atoms with Crippen molar-refractivity contribution >= 4 is 17.8 Å². The van der Waals surface area contributed by atoms with E-state index in [1.165, 1.54) is 23.9 Å². The first-order valence-corrected chi connectivity index (χ1v) is 8.56. The molecule has 1 N–H and O–H groups in total. The number of amides is 1. The molecule has 7 heteroatoms. The van der Waals surface area contributed by atoms with Crippen LogP contribution in [0.25, 0.3) is 11.3 Å². The number of hydrogen-bond donors (Lipinski definition) is 1. The van der Waals surface area contributed by atoms with Crippen molar-refractivity contribution in [3.63, 3.8) is 0 Å². The Morgan fingerprint density at radius 3 is 2.32 bits per heavy atom. The summed E-state index contributed by atoms with van der Waals surface area (Å²) >= 11 is 0. The topological polar surface area (TPSA) is 97.5 Å². The molecule has 28 heavy (non-hydrogen) atoms. The molecule has 0 spiro atoms. The Bertz CT molecular complexity index is 1040. The smallest absolute Gasteiger partial charge is 0.267 e. The van der Waals surface area contributed by atoms with Crippen LogP contribution in [0, 0.1) is 24.0 Å². The van der Waals surface area contributed by atoms with Crippen molar-refractivity contribution in [2.75, 3.05) is 0 Å². The van der Waals surface area contributed by atoms with Crippen molar-refractivity contribution in [3.05, 3.63) is 93.2 Å². The zero-order valence-corrected chi connectivity index (χ0v) is 15.4. The van der Waals surface area contributed by atoms with E-state index in [4.69, 9.17) is 0 Å². The second-order valence-electron chi connectivity index (χ2n) is 6.24. The predicted octanol–water partition coefficient (Wildman–Crippen LogP) is 4.04. The van der Waals surface area contributed by atoms with Gasteiger partial charge in [-0.05, 0) is 43.7 Å². The molecule has 140 valence electrons. The average molecular weight is 374 g/mol. The third-order valence-corrected chi connectivity index (χ3v) is 4.16. The van der Waals surface area contributed by atoms with Gasteiger partial charge in [0.1, 0.15) is 0 Å². The average Bonchev–Trinajstić information content (AvgIpc) is 2.68. The van der Waals surface area contributed by atoms with Gasteiger partial charge in [0.25, 0.3) is 11.6 Å². The number of carbonyl (C=O) groups excluding carboxylic acids is 1. The molecule has 0 unspecified atom stereocenters. The van der Waals surface area contributed by atoms with Crippen molar-refractivity contribution in [1.82, 2.24) is 10.4 Å². The number of hydrazone groups is 1. The van der Waals surface area contributed by atoms with Crippen LogP contribution in [-0.4, -0.2) is 22.0 Å². The van der Waals surface area contributed by atoms with Crippen molar-refractivity contribution in [1.29, 1.82) is 0 Å². The molecule has 3 rings (SSSR count). The van der Waals surface area contributed by atoms with E-state index in [0.717, 1.165) is 11.3 Å². The van der Waals surface area contributed by atoms with Crippen LogP contribution in [0.15, 0.2) is 65.8 Å². The molecule has 0 radical (unpaired) electrons. The molecule has 1 aromatic heterocycles. The van der Waals surface area contributed by atoms with E-state index in [-0.39, 0.29) is 11.6 Å². The molecule has 7 nitrogen and oxygen atoms in total. The van der Waals surface area contributed by atoms with Crippen LogP contribution in [0.2, 0.25) is 0 Å². The van der Waals surface area contributed by atoms with E-state index in [0.29, 0.717) is 16.8 Å². The summed E-state index contributed by atoms with van der Waals surface area (Å²) < 4.78 is 0. The predicted molar refractivity (Wildman–Crippen MR) is 107 cm³/mol. The molecule has 0 saturated heterocycles. The van der Waals surface area contributed by atoms with Gasteiger partial charge in [-0.3, -0.25) is 19.9 Å². The summed E-state index contributed by atoms with van der Waals surface area (Å²) in [5, 5.41) is 14.5. The molecule has 0 aliphatic rings. The van der Waals surface area contributed by atoms with E-state index in [1.54, 1.807) is 31.2 Å². The summed E-state index contributed by atoms with van der Waals surface area (Å²) in [4.78, 5) is 27.0. The molecule has 0 atom stereocenters. The number of pyridine rings is 1. The Morgan fingerprint density at radius 2 is 1.71 bits per heavy atom. The number of nitro groups is 1. The summed E-state index contributed by atoms with van der Waals surface area (Å²) in [6, 6.07) is 17.4. The quantitative estimate of drug-likeness (QED) is 0.414. The maximum Gasteiger partial charge on any atom is 0.273 e. The second kappa shape index (κ2) is 8.22. The van der Waals surface area contributed by atoms with Gasteiger partial charge in [-0.25, -0.2) is 5.43 Å². The third kappa shape index (κ3) is 4.45. The van der Waals surface area contributed by atoms with E-state index in [9.17, 15) is 14.9 Å². The molecule has 3 aromatic rings. The number of aromatic nitrogens is 1. The summed E-state index contributed by atoms with van der Waals surface area (Å²) in [6.07, 6.45) is 1.42. The lowest BCUT2D eigenvalue weighted by atomic mass is 10.1. The minimum Gasteiger partial charge on any atom is -0.267 e. The first-order chi connectivity index (χ1) is 13.4. The Kier molecular flexibility index (Phi) is 5.55. The van der Waals surface area contributed by atoms with Crippen LogP contribution < -0.4 is 5.43 Å². The molecular formula is C21H18N4O3. The highest BCUT2D eigenvalue weighted by Gasteiger charge is 2.11. The molecular weight excluding hydrogens is 356 g/mol. The summed E-state index contributed by atoms with van der Waals surface area (Å²) in [7, 11) is 0. The fourth-order valence-corrected chi connectivity index (χ4v) is 2.59. The zero-order chi connectivity index (χ0) is 20.1. The number of non-ortho nitro benzene ring substituents is 1. The Morgan fingerprint density at radius 1 is 1.04 bits per heavy atom. The highest BCUT2D eigenvalue weighted by molar-refractivity contribution is 5.96. The summed E-state index contributed by atoms with van der Waals surface area (Å²) in [6.45, 7) is 3.79. The van der Waals surface area contributed by atoms with Gasteiger partial charge >= 0.3 is 0 Å². The second-order valence-corrected chi connectivity index (χ2v) is 6.24. The van der Waals surface area contributed by atoms with Crippen molar-refractivity contribution in [3.8, 4) is 11.3 Å². The molecule has 0 bridgehead atoms. The van der Waals surface area contributed by atoms with Crippen molar-refractivity contribution < 1.29 is 9.72 Å². The minimum atomic E-state index is -0.473. The van der Waals surface area contributed by atoms with E-state index < -0.39 is 4.92 Å². The van der Waals surface area contributed by atoms with Gasteiger partial charge in [-0.1, -0.05) is 29.8 Å². The van der Waals surface area contributed by atoms with E-state index in [1.807, 2.05) is 31.2 Å². The molecule has 0 saturated carbocycles. The molecule has 2 aromatic carbocycles. The fourth-order valence-electron chi connectivity index (χ4n) is 2.59. The lowest BCUT2D eigenvalue weighted by Gasteiger charge is -2.07. The molecule has 0 aliphatic heterocycles. The number of nitro benzene ring substituents is 1. The van der Waals surface area contributed by atoms with Crippen LogP contribution in [0.5, 0.6) is 0 Å². The van der Waals surface area contributed by atoms with E-state index in [2.05, 4.69) is 15.5 Å². The minimum absolute atomic E-state index is 0.00319. The maximum atomic E-state index is 12.3. The first-order valence-electron chi connectivity index (χ1n) is 8.56. The number of benzene rings is 2. The molecule has 0 fully saturated rings. The third-order valence-electron chi connectivity index (χ3n) is 4.16. The number of nitrogens with zero attached hydrogens (tertiary/aromatic N) is 3. The maximum absolute atomic E-state index is 12.3. The van der Waals surface area contributed by atoms with Crippen LogP contribution in [0.4, 0.5) is 5.69 Å². The van der Waals surface area contributed by atoms with Crippen LogP contribution >= 0.6 is 0 Å². The van der Waals surface area contributed by atoms with Crippen LogP contribution in [0.1, 0.15) is 27.2 Å². The zero-order valence-electron chi connectivity index (χ0n) is 15.4. The van der Waals surface area contributed by atoms with Crippen LogP contribution in [-0.2, 0) is 0 Å². The SMILES string of the molecule is Cc1ccc(-c2ccc(C(=O)N/N=C/c3ccc([N+](=O)[O-])cc3)c(C)n2)cc1. The van der Waals surface area contributed by atoms with Gasteiger partial charge in [-0.2, -0.15) is 5.10 Å². The number of hydrogen-bond acceptors (Lipinski definition) is 5. The fraction of sp³-hybridized carbons (Fsp3) is 0.0952. The molecule has 1 amide bonds. The number of nitrogens with one attached hydrogen (secondary N) is 1. The van der Waals surface area contributed by atoms with E-state index >= 15 is 0 Å². The Hall–Kier alpha value is -3.87. The van der Waals surface area contributed by atoms with Crippen LogP contribution in [0.3, 0.4) is 0 Å². The highest BCUT2D eigenvalue weighted by Crippen LogP contribution is 2.19. The number of rotatable bonds is 5. The number of aryl methyl sites for hydroxylation is 2. The van der Waals surface area contributed by atoms with Crippen molar-refractivity contribution in [2.45, 2.75) is 13.8 Å². The van der Waals surface area contributed by atoms with Crippen molar-refractivity contribution in [2.24, 2.45) is 5.10 Å². The molecule has 0 aliphatic carbocycles. The lowest BCUT2D eigenvalue weighted by Crippen LogP contribution is -2.19. The normalized spacial score (nSPS) is 10.8. The van der Waals surface area contributed by atoms with Gasteiger partial charge < -0.3 is 0 Å². The standard InChI is InChI=1S/C21H18N4O3/c1-14-3-7-17(8-4-14)20-12-11-19(15(2)23-20)21(26)24-22-13-16-5-9-18(10-6-16)25(27)28/h3-13H,1-2H3,(H,24,26)/b22-13+. The Balaban J connectivity index is 1.68. The van der Waals surface area contributed by atoms with Gasteiger partial charge in [0, 0.05) is 17.7 Å². The highest BCUT2D eigenvalue weighted by atomic mass is 16.6. The van der Waals surface area contributed by atoms with Gasteiger partial charge in [0.05, 0.1) is 28.1 Å². The summed E-state index contributed by atoms with van der Waals surface area (Å²) in [5.74, 6) is -0.376. The Labute approximate surface area is 161 Å². The first kappa shape index (κ1) is 18.9. The summed E-state index contributed by atoms with van der Waals surface area (Å²) in [5.41, 5.74) is 7.05. The largest absolute Gasteiger partial charge is 0.273 e. The monoisotopic (exact) mass is 374 g/mol. The molecule has 1 heterocycles. The van der Waals surface area contributed by atoms with Gasteiger partial charge in [0.2, 0.25) is 0 Å².